The number of ether oxygens (including phenoxy) is 2. The lowest BCUT2D eigenvalue weighted by molar-refractivity contribution is -0.134. The van der Waals surface area contributed by atoms with E-state index in [2.05, 4.69) is 5.10 Å². The topological polar surface area (TPSA) is 111 Å². The molecule has 2 rings (SSSR count). The van der Waals surface area contributed by atoms with Crippen LogP contribution in [0.3, 0.4) is 0 Å². The molecule has 23 heavy (non-hydrogen) atoms. The summed E-state index contributed by atoms with van der Waals surface area (Å²) in [5.74, 6) is -0.00581. The van der Waals surface area contributed by atoms with E-state index in [1.54, 1.807) is 23.9 Å². The summed E-state index contributed by atoms with van der Waals surface area (Å²) in [6.07, 6.45) is 0. The van der Waals surface area contributed by atoms with Crippen molar-refractivity contribution in [2.75, 3.05) is 20.2 Å². The van der Waals surface area contributed by atoms with Crippen LogP contribution in [-0.4, -0.2) is 46.1 Å². The number of nitrogens with zero attached hydrogens (tertiary/aromatic N) is 2. The number of aryl methyl sites for hydroxylation is 1. The number of carbonyl (C=O) groups is 1. The van der Waals surface area contributed by atoms with E-state index >= 15 is 0 Å². The Morgan fingerprint density at radius 1 is 1.30 bits per heavy atom. The number of rotatable bonds is 4. The smallest absolute Gasteiger partial charge is 0.300 e. The van der Waals surface area contributed by atoms with Crippen molar-refractivity contribution in [2.24, 2.45) is 7.05 Å². The van der Waals surface area contributed by atoms with Gasteiger partial charge >= 0.3 is 0 Å². The maximum Gasteiger partial charge on any atom is 0.300 e. The highest BCUT2D eigenvalue weighted by atomic mass is 32.2. The molecular formula is C14H18N2O6S. The van der Waals surface area contributed by atoms with Crippen LogP contribution < -0.4 is 14.9 Å². The largest absolute Gasteiger partial charge is 0.493 e. The second-order valence-electron chi connectivity index (χ2n) is 4.27. The summed E-state index contributed by atoms with van der Waals surface area (Å²) >= 11 is 0.993. The highest BCUT2D eigenvalue weighted by molar-refractivity contribution is 7.99. The van der Waals surface area contributed by atoms with Crippen LogP contribution in [0.2, 0.25) is 0 Å². The summed E-state index contributed by atoms with van der Waals surface area (Å²) in [6.45, 7) is 1.08. The van der Waals surface area contributed by atoms with Crippen LogP contribution in [0, 0.1) is 0 Å². The number of carboxylic acids is 1. The average molecular weight is 342 g/mol. The summed E-state index contributed by atoms with van der Waals surface area (Å²) in [4.78, 5) is 21.2. The first-order valence-corrected chi connectivity index (χ1v) is 7.40. The van der Waals surface area contributed by atoms with Crippen molar-refractivity contribution in [3.8, 4) is 11.5 Å². The molecule has 2 aromatic rings. The number of aliphatic carboxylic acids is 1. The van der Waals surface area contributed by atoms with Crippen molar-refractivity contribution < 1.29 is 24.5 Å². The Balaban J connectivity index is 0.000000593. The summed E-state index contributed by atoms with van der Waals surface area (Å²) in [5, 5.41) is 21.2. The number of aliphatic hydroxyl groups is 1. The molecule has 1 aromatic carbocycles. The SMILES string of the molecule is CC(=O)O.COc1cc2c(=O)c(SCO)nn(C)c2cc1OC. The molecule has 8 nitrogen and oxygen atoms in total. The van der Waals surface area contributed by atoms with E-state index in [4.69, 9.17) is 24.5 Å². The Hall–Kier alpha value is -2.26. The Morgan fingerprint density at radius 2 is 1.83 bits per heavy atom. The zero-order valence-electron chi connectivity index (χ0n) is 13.2. The summed E-state index contributed by atoms with van der Waals surface area (Å²) < 4.78 is 12.0. The van der Waals surface area contributed by atoms with Gasteiger partial charge in [0.15, 0.2) is 16.5 Å². The molecule has 0 bridgehead atoms. The van der Waals surface area contributed by atoms with Crippen LogP contribution in [0.1, 0.15) is 6.92 Å². The number of hydrogen-bond donors (Lipinski definition) is 2. The molecule has 0 fully saturated rings. The highest BCUT2D eigenvalue weighted by Crippen LogP contribution is 2.30. The number of benzene rings is 1. The van der Waals surface area contributed by atoms with Gasteiger partial charge in [-0.15, -0.1) is 0 Å². The second-order valence-corrected chi connectivity index (χ2v) is 5.21. The molecule has 1 aromatic heterocycles. The Morgan fingerprint density at radius 3 is 2.30 bits per heavy atom. The lowest BCUT2D eigenvalue weighted by atomic mass is 10.2. The molecule has 0 aliphatic heterocycles. The molecule has 2 N–H and O–H groups in total. The van der Waals surface area contributed by atoms with Gasteiger partial charge in [0.25, 0.3) is 5.97 Å². The number of aliphatic hydroxyl groups excluding tert-OH is 1. The number of fused-ring (bicyclic) bond motifs is 1. The van der Waals surface area contributed by atoms with Gasteiger partial charge in [0.1, 0.15) is 0 Å². The number of aromatic nitrogens is 2. The molecule has 0 saturated heterocycles. The first-order chi connectivity index (χ1) is 10.8. The third-order valence-corrected chi connectivity index (χ3v) is 3.40. The fourth-order valence-electron chi connectivity index (χ4n) is 1.82. The fourth-order valence-corrected chi connectivity index (χ4v) is 2.37. The quantitative estimate of drug-likeness (QED) is 0.627. The average Bonchev–Trinajstić information content (AvgIpc) is 2.50. The molecule has 0 aliphatic rings. The normalized spacial score (nSPS) is 9.96. The van der Waals surface area contributed by atoms with E-state index in [-0.39, 0.29) is 16.4 Å². The molecule has 0 radical (unpaired) electrons. The molecule has 0 saturated carbocycles. The number of methoxy groups -OCH3 is 2. The molecule has 0 amide bonds. The standard InChI is InChI=1S/C12H14N2O4S.C2H4O2/c1-14-8-5-10(18-3)9(17-2)4-7(8)11(16)12(13-14)19-6-15;1-2(3)4/h4-5,15H,6H2,1-3H3;1H3,(H,3,4). The second kappa shape index (κ2) is 8.39. The summed E-state index contributed by atoms with van der Waals surface area (Å²) in [5.41, 5.74) is 0.415. The highest BCUT2D eigenvalue weighted by Gasteiger charge is 2.14. The van der Waals surface area contributed by atoms with Crippen molar-refractivity contribution >= 4 is 28.6 Å². The van der Waals surface area contributed by atoms with Crippen LogP contribution in [0.5, 0.6) is 11.5 Å². The van der Waals surface area contributed by atoms with Crippen molar-refractivity contribution in [3.05, 3.63) is 22.4 Å². The Bertz CT molecular complexity index is 755. The van der Waals surface area contributed by atoms with E-state index in [0.717, 1.165) is 18.7 Å². The monoisotopic (exact) mass is 342 g/mol. The van der Waals surface area contributed by atoms with Crippen LogP contribution >= 0.6 is 11.8 Å². The van der Waals surface area contributed by atoms with Gasteiger partial charge in [-0.1, -0.05) is 11.8 Å². The van der Waals surface area contributed by atoms with E-state index in [1.165, 1.54) is 14.2 Å². The Labute approximate surface area is 136 Å². The third kappa shape index (κ3) is 4.60. The van der Waals surface area contributed by atoms with Crippen molar-refractivity contribution in [2.45, 2.75) is 11.9 Å². The summed E-state index contributed by atoms with van der Waals surface area (Å²) in [6, 6.07) is 3.33. The third-order valence-electron chi connectivity index (χ3n) is 2.73. The predicted octanol–water partition coefficient (Wildman–Crippen LogP) is 1.08. The molecule has 1 heterocycles. The molecule has 0 unspecified atom stereocenters. The number of hydrogen-bond acceptors (Lipinski definition) is 7. The van der Waals surface area contributed by atoms with E-state index in [1.807, 2.05) is 0 Å². The van der Waals surface area contributed by atoms with Gasteiger partial charge < -0.3 is 19.7 Å². The number of carboxylic acid groups (broad SMARTS) is 1. The lowest BCUT2D eigenvalue weighted by Crippen LogP contribution is -2.14. The minimum atomic E-state index is -0.833. The molecular weight excluding hydrogens is 324 g/mol. The van der Waals surface area contributed by atoms with Crippen molar-refractivity contribution in [3.63, 3.8) is 0 Å². The van der Waals surface area contributed by atoms with Gasteiger partial charge in [-0.25, -0.2) is 0 Å². The van der Waals surface area contributed by atoms with E-state index < -0.39 is 5.97 Å². The minimum absolute atomic E-state index is 0.193. The maximum absolute atomic E-state index is 12.2. The van der Waals surface area contributed by atoms with Gasteiger partial charge in [-0.05, 0) is 6.07 Å². The van der Waals surface area contributed by atoms with Gasteiger partial charge in [-0.3, -0.25) is 14.3 Å². The first-order valence-electron chi connectivity index (χ1n) is 6.41. The molecule has 126 valence electrons. The van der Waals surface area contributed by atoms with E-state index in [9.17, 15) is 4.79 Å². The van der Waals surface area contributed by atoms with Crippen LogP contribution in [0.15, 0.2) is 22.0 Å². The van der Waals surface area contributed by atoms with Crippen molar-refractivity contribution in [1.29, 1.82) is 0 Å². The predicted molar refractivity (Wildman–Crippen MR) is 86.3 cm³/mol. The maximum atomic E-state index is 12.2. The zero-order valence-corrected chi connectivity index (χ0v) is 14.0. The minimum Gasteiger partial charge on any atom is -0.493 e. The van der Waals surface area contributed by atoms with Gasteiger partial charge in [0.2, 0.25) is 5.43 Å². The molecule has 9 heteroatoms. The van der Waals surface area contributed by atoms with Crippen molar-refractivity contribution in [1.82, 2.24) is 9.78 Å². The fraction of sp³-hybridized carbons (Fsp3) is 0.357. The zero-order chi connectivity index (χ0) is 17.6. The Kier molecular flexibility index (Phi) is 6.86. The number of thioether (sulfide) groups is 1. The molecule has 0 aliphatic carbocycles. The van der Waals surface area contributed by atoms with Crippen LogP contribution in [-0.2, 0) is 11.8 Å². The van der Waals surface area contributed by atoms with Crippen LogP contribution in [0.4, 0.5) is 0 Å². The van der Waals surface area contributed by atoms with Gasteiger partial charge in [0, 0.05) is 20.0 Å². The van der Waals surface area contributed by atoms with Gasteiger partial charge in [-0.2, -0.15) is 5.10 Å². The first kappa shape index (κ1) is 18.8. The van der Waals surface area contributed by atoms with Crippen LogP contribution in [0.25, 0.3) is 10.9 Å². The lowest BCUT2D eigenvalue weighted by Gasteiger charge is -2.11. The molecule has 0 atom stereocenters. The molecule has 0 spiro atoms. The summed E-state index contributed by atoms with van der Waals surface area (Å²) in [7, 11) is 4.78. The van der Waals surface area contributed by atoms with E-state index in [0.29, 0.717) is 22.4 Å². The van der Waals surface area contributed by atoms with Gasteiger partial charge in [0.05, 0.1) is 31.1 Å².